The monoisotopic (exact) mass is 292 g/mol. The third-order valence-corrected chi connectivity index (χ3v) is 2.18. The highest BCUT2D eigenvalue weighted by atomic mass is 19.4. The first kappa shape index (κ1) is 15.6. The van der Waals surface area contributed by atoms with Gasteiger partial charge in [-0.15, -0.1) is 0 Å². The summed E-state index contributed by atoms with van der Waals surface area (Å²) in [7, 11) is 0. The highest BCUT2D eigenvalue weighted by Crippen LogP contribution is 2.21. The molecule has 0 unspecified atom stereocenters. The fraction of sp³-hybridized carbons (Fsp3) is 0.273. The van der Waals surface area contributed by atoms with Crippen molar-refractivity contribution in [3.63, 3.8) is 0 Å². The Morgan fingerprint density at radius 3 is 2.45 bits per heavy atom. The summed E-state index contributed by atoms with van der Waals surface area (Å²) >= 11 is 0. The van der Waals surface area contributed by atoms with E-state index in [-0.39, 0.29) is 17.0 Å². The molecule has 20 heavy (non-hydrogen) atoms. The summed E-state index contributed by atoms with van der Waals surface area (Å²) in [6, 6.07) is 2.20. The van der Waals surface area contributed by atoms with Gasteiger partial charge in [-0.1, -0.05) is 0 Å². The fourth-order valence-corrected chi connectivity index (χ4v) is 1.30. The van der Waals surface area contributed by atoms with Crippen LogP contribution in [0.3, 0.4) is 0 Å². The molecule has 0 aromatic heterocycles. The number of halogens is 3. The highest BCUT2D eigenvalue weighted by molar-refractivity contribution is 6.00. The number of hydrogen-bond acceptors (Lipinski definition) is 3. The van der Waals surface area contributed by atoms with Gasteiger partial charge < -0.3 is 20.8 Å². The Hall–Kier alpha value is -2.45. The van der Waals surface area contributed by atoms with Crippen LogP contribution in [0.25, 0.3) is 0 Å². The number of phenols is 1. The SMILES string of the molecule is O=C(NCCC(F)(F)F)Nc1ccc(O)cc1C(=O)O. The van der Waals surface area contributed by atoms with E-state index in [2.05, 4.69) is 5.32 Å². The maximum absolute atomic E-state index is 11.9. The molecule has 0 heterocycles. The topological polar surface area (TPSA) is 98.7 Å². The third-order valence-electron chi connectivity index (χ3n) is 2.18. The van der Waals surface area contributed by atoms with E-state index in [1.54, 1.807) is 0 Å². The quantitative estimate of drug-likeness (QED) is 0.639. The molecule has 9 heteroatoms. The summed E-state index contributed by atoms with van der Waals surface area (Å²) in [5.41, 5.74) is -0.518. The summed E-state index contributed by atoms with van der Waals surface area (Å²) in [5, 5.41) is 22.0. The van der Waals surface area contributed by atoms with Crippen molar-refractivity contribution >= 4 is 17.7 Å². The van der Waals surface area contributed by atoms with E-state index >= 15 is 0 Å². The van der Waals surface area contributed by atoms with Gasteiger partial charge >= 0.3 is 18.2 Å². The number of aromatic carboxylic acids is 1. The molecule has 2 amide bonds. The predicted molar refractivity (Wildman–Crippen MR) is 62.8 cm³/mol. The van der Waals surface area contributed by atoms with Crippen LogP contribution in [-0.4, -0.2) is 34.9 Å². The number of amides is 2. The van der Waals surface area contributed by atoms with E-state index in [0.717, 1.165) is 18.2 Å². The first-order chi connectivity index (χ1) is 9.19. The molecule has 1 rings (SSSR count). The van der Waals surface area contributed by atoms with Crippen LogP contribution in [0.5, 0.6) is 5.75 Å². The van der Waals surface area contributed by atoms with Gasteiger partial charge in [0.1, 0.15) is 5.75 Å². The number of anilines is 1. The number of aromatic hydroxyl groups is 1. The second kappa shape index (κ2) is 6.13. The molecule has 0 aliphatic rings. The Labute approximate surface area is 111 Å². The molecular weight excluding hydrogens is 281 g/mol. The molecule has 4 N–H and O–H groups in total. The van der Waals surface area contributed by atoms with Crippen molar-refractivity contribution in [2.24, 2.45) is 0 Å². The Balaban J connectivity index is 2.64. The average molecular weight is 292 g/mol. The average Bonchev–Trinajstić information content (AvgIpc) is 2.29. The number of alkyl halides is 3. The van der Waals surface area contributed by atoms with Gasteiger partial charge in [-0.05, 0) is 18.2 Å². The maximum Gasteiger partial charge on any atom is 0.390 e. The van der Waals surface area contributed by atoms with Gasteiger partial charge in [0.2, 0.25) is 0 Å². The number of urea groups is 1. The van der Waals surface area contributed by atoms with Gasteiger partial charge in [-0.3, -0.25) is 0 Å². The number of hydrogen-bond donors (Lipinski definition) is 4. The van der Waals surface area contributed by atoms with Gasteiger partial charge in [-0.25, -0.2) is 9.59 Å². The zero-order valence-corrected chi connectivity index (χ0v) is 9.99. The Morgan fingerprint density at radius 1 is 1.25 bits per heavy atom. The van der Waals surface area contributed by atoms with Crippen molar-refractivity contribution in [3.05, 3.63) is 23.8 Å². The number of carbonyl (C=O) groups is 2. The molecule has 0 saturated heterocycles. The number of phenolic OH excluding ortho intramolecular Hbond substituents is 1. The van der Waals surface area contributed by atoms with Gasteiger partial charge in [0, 0.05) is 6.54 Å². The molecule has 0 bridgehead atoms. The van der Waals surface area contributed by atoms with Gasteiger partial charge in [-0.2, -0.15) is 13.2 Å². The minimum atomic E-state index is -4.39. The van der Waals surface area contributed by atoms with Crippen molar-refractivity contribution < 1.29 is 33.0 Å². The van der Waals surface area contributed by atoms with Gasteiger partial charge in [0.25, 0.3) is 0 Å². The van der Waals surface area contributed by atoms with Crippen LogP contribution in [0.4, 0.5) is 23.7 Å². The van der Waals surface area contributed by atoms with E-state index < -0.39 is 31.1 Å². The second-order valence-electron chi connectivity index (χ2n) is 3.78. The zero-order chi connectivity index (χ0) is 15.3. The number of carboxylic acid groups (broad SMARTS) is 1. The van der Waals surface area contributed by atoms with Crippen LogP contribution >= 0.6 is 0 Å². The molecule has 1 aromatic rings. The van der Waals surface area contributed by atoms with Crippen LogP contribution < -0.4 is 10.6 Å². The predicted octanol–water partition coefficient (Wildman–Crippen LogP) is 2.16. The maximum atomic E-state index is 11.9. The minimum absolute atomic E-state index is 0.139. The molecule has 6 nitrogen and oxygen atoms in total. The van der Waals surface area contributed by atoms with E-state index in [9.17, 15) is 22.8 Å². The number of rotatable bonds is 4. The lowest BCUT2D eigenvalue weighted by Gasteiger charge is -2.11. The molecule has 0 radical (unpaired) electrons. The third kappa shape index (κ3) is 5.04. The van der Waals surface area contributed by atoms with E-state index in [0.29, 0.717) is 0 Å². The lowest BCUT2D eigenvalue weighted by atomic mass is 10.1. The smallest absolute Gasteiger partial charge is 0.390 e. The first-order valence-corrected chi connectivity index (χ1v) is 5.37. The number of carboxylic acids is 1. The standard InChI is InChI=1S/C11H11F3N2O4/c12-11(13,14)3-4-15-10(20)16-8-2-1-6(17)5-7(8)9(18)19/h1-2,5,17H,3-4H2,(H,18,19)(H2,15,16,20). The van der Waals surface area contributed by atoms with E-state index in [4.69, 9.17) is 10.2 Å². The van der Waals surface area contributed by atoms with Crippen molar-refractivity contribution in [1.82, 2.24) is 5.32 Å². The summed E-state index contributed by atoms with van der Waals surface area (Å²) in [4.78, 5) is 22.2. The largest absolute Gasteiger partial charge is 0.508 e. The van der Waals surface area contributed by atoms with Crippen LogP contribution in [0.2, 0.25) is 0 Å². The fourth-order valence-electron chi connectivity index (χ4n) is 1.30. The number of benzene rings is 1. The molecule has 0 fully saturated rings. The number of carbonyl (C=O) groups excluding carboxylic acids is 1. The van der Waals surface area contributed by atoms with E-state index in [1.807, 2.05) is 5.32 Å². The van der Waals surface area contributed by atoms with Crippen LogP contribution in [-0.2, 0) is 0 Å². The van der Waals surface area contributed by atoms with Crippen LogP contribution in [0.1, 0.15) is 16.8 Å². The molecule has 0 atom stereocenters. The summed E-state index contributed by atoms with van der Waals surface area (Å²) in [5.74, 6) is -1.71. The van der Waals surface area contributed by atoms with Gasteiger partial charge in [0.15, 0.2) is 0 Å². The number of nitrogens with one attached hydrogen (secondary N) is 2. The van der Waals surface area contributed by atoms with Gasteiger partial charge in [0.05, 0.1) is 17.7 Å². The lowest BCUT2D eigenvalue weighted by Crippen LogP contribution is -2.32. The first-order valence-electron chi connectivity index (χ1n) is 5.37. The summed E-state index contributed by atoms with van der Waals surface area (Å²) < 4.78 is 35.6. The highest BCUT2D eigenvalue weighted by Gasteiger charge is 2.26. The van der Waals surface area contributed by atoms with E-state index in [1.165, 1.54) is 0 Å². The molecule has 0 aliphatic heterocycles. The molecule has 110 valence electrons. The normalized spacial score (nSPS) is 10.9. The van der Waals surface area contributed by atoms with Crippen molar-refractivity contribution in [2.45, 2.75) is 12.6 Å². The molecular formula is C11H11F3N2O4. The minimum Gasteiger partial charge on any atom is -0.508 e. The van der Waals surface area contributed by atoms with Crippen molar-refractivity contribution in [1.29, 1.82) is 0 Å². The van der Waals surface area contributed by atoms with Crippen LogP contribution in [0, 0.1) is 0 Å². The Morgan fingerprint density at radius 2 is 1.90 bits per heavy atom. The lowest BCUT2D eigenvalue weighted by molar-refractivity contribution is -0.132. The molecule has 0 aliphatic carbocycles. The van der Waals surface area contributed by atoms with Crippen molar-refractivity contribution in [2.75, 3.05) is 11.9 Å². The Kier molecular flexibility index (Phi) is 4.78. The molecule has 0 spiro atoms. The summed E-state index contributed by atoms with van der Waals surface area (Å²) in [6.45, 7) is -0.629. The summed E-state index contributed by atoms with van der Waals surface area (Å²) in [6.07, 6.45) is -5.58. The Bertz CT molecular complexity index is 517. The molecule has 1 aromatic carbocycles. The van der Waals surface area contributed by atoms with Crippen molar-refractivity contribution in [3.8, 4) is 5.75 Å². The molecule has 0 saturated carbocycles. The zero-order valence-electron chi connectivity index (χ0n) is 9.99. The van der Waals surface area contributed by atoms with Crippen LogP contribution in [0.15, 0.2) is 18.2 Å². The second-order valence-corrected chi connectivity index (χ2v) is 3.78.